The highest BCUT2D eigenvalue weighted by atomic mass is 35.5. The van der Waals surface area contributed by atoms with Gasteiger partial charge in [-0.1, -0.05) is 41.9 Å². The van der Waals surface area contributed by atoms with Crippen molar-refractivity contribution in [2.75, 3.05) is 31.1 Å². The Morgan fingerprint density at radius 2 is 1.65 bits per heavy atom. The first-order valence-corrected chi connectivity index (χ1v) is 8.37. The van der Waals surface area contributed by atoms with Gasteiger partial charge >= 0.3 is 0 Å². The quantitative estimate of drug-likeness (QED) is 0.711. The second kappa shape index (κ2) is 6.26. The summed E-state index contributed by atoms with van der Waals surface area (Å²) in [6, 6.07) is 18.4. The van der Waals surface area contributed by atoms with Gasteiger partial charge in [-0.05, 0) is 24.3 Å². The minimum absolute atomic E-state index is 0.832. The molecular formula is C19H19ClN2O. The van der Waals surface area contributed by atoms with Crippen molar-refractivity contribution >= 4 is 28.3 Å². The largest absolute Gasteiger partial charge is 0.460 e. The molecule has 3 nitrogen and oxygen atoms in total. The van der Waals surface area contributed by atoms with Crippen molar-refractivity contribution in [3.63, 3.8) is 0 Å². The lowest BCUT2D eigenvalue weighted by molar-refractivity contribution is 0.233. The van der Waals surface area contributed by atoms with Crippen molar-refractivity contribution in [2.24, 2.45) is 0 Å². The van der Waals surface area contributed by atoms with Crippen LogP contribution in [-0.4, -0.2) is 31.1 Å². The summed E-state index contributed by atoms with van der Waals surface area (Å²) in [4.78, 5) is 4.79. The van der Waals surface area contributed by atoms with Crippen molar-refractivity contribution < 1.29 is 4.42 Å². The molecule has 1 saturated heterocycles. The van der Waals surface area contributed by atoms with Crippen LogP contribution in [0, 0.1) is 0 Å². The van der Waals surface area contributed by atoms with Gasteiger partial charge < -0.3 is 9.32 Å². The SMILES string of the molecule is Clc1ccccc1N1CCN(Cc2cc3ccccc3o2)CC1. The molecule has 4 rings (SSSR count). The molecule has 4 heteroatoms. The summed E-state index contributed by atoms with van der Waals surface area (Å²) >= 11 is 6.30. The molecule has 0 atom stereocenters. The fourth-order valence-electron chi connectivity index (χ4n) is 3.19. The number of furan rings is 1. The van der Waals surface area contributed by atoms with Crippen LogP contribution < -0.4 is 4.90 Å². The highest BCUT2D eigenvalue weighted by Crippen LogP contribution is 2.26. The lowest BCUT2D eigenvalue weighted by atomic mass is 10.2. The van der Waals surface area contributed by atoms with Crippen molar-refractivity contribution in [3.05, 3.63) is 65.4 Å². The van der Waals surface area contributed by atoms with Gasteiger partial charge in [-0.15, -0.1) is 0 Å². The van der Waals surface area contributed by atoms with Crippen LogP contribution in [0.1, 0.15) is 5.76 Å². The van der Waals surface area contributed by atoms with Crippen LogP contribution in [0.25, 0.3) is 11.0 Å². The second-order valence-corrected chi connectivity index (χ2v) is 6.37. The van der Waals surface area contributed by atoms with E-state index in [1.807, 2.05) is 36.4 Å². The lowest BCUT2D eigenvalue weighted by Gasteiger charge is -2.36. The maximum absolute atomic E-state index is 6.30. The third kappa shape index (κ3) is 3.07. The molecule has 2 aromatic carbocycles. The van der Waals surface area contributed by atoms with E-state index in [-0.39, 0.29) is 0 Å². The van der Waals surface area contributed by atoms with Crippen LogP contribution in [-0.2, 0) is 6.54 Å². The van der Waals surface area contributed by atoms with Gasteiger partial charge in [0.15, 0.2) is 0 Å². The number of benzene rings is 2. The van der Waals surface area contributed by atoms with E-state index in [2.05, 4.69) is 28.0 Å². The number of fused-ring (bicyclic) bond motifs is 1. The highest BCUT2D eigenvalue weighted by molar-refractivity contribution is 6.33. The van der Waals surface area contributed by atoms with E-state index in [0.717, 1.165) is 54.8 Å². The van der Waals surface area contributed by atoms with Crippen LogP contribution in [0.5, 0.6) is 0 Å². The van der Waals surface area contributed by atoms with E-state index in [0.29, 0.717) is 0 Å². The summed E-state index contributed by atoms with van der Waals surface area (Å²) in [5, 5.41) is 2.01. The number of para-hydroxylation sites is 2. The zero-order valence-electron chi connectivity index (χ0n) is 12.9. The normalized spacial score (nSPS) is 16.1. The first kappa shape index (κ1) is 14.6. The predicted octanol–water partition coefficient (Wildman–Crippen LogP) is 4.41. The van der Waals surface area contributed by atoms with E-state index in [1.54, 1.807) is 0 Å². The third-order valence-corrected chi connectivity index (χ3v) is 4.74. The maximum Gasteiger partial charge on any atom is 0.134 e. The topological polar surface area (TPSA) is 19.6 Å². The van der Waals surface area contributed by atoms with Gasteiger partial charge in [-0.25, -0.2) is 0 Å². The summed E-state index contributed by atoms with van der Waals surface area (Å²) in [6.45, 7) is 4.88. The van der Waals surface area contributed by atoms with E-state index in [4.69, 9.17) is 16.0 Å². The molecule has 0 radical (unpaired) electrons. The summed E-state index contributed by atoms with van der Waals surface area (Å²) in [6.07, 6.45) is 0. The monoisotopic (exact) mass is 326 g/mol. The Labute approximate surface area is 141 Å². The Balaban J connectivity index is 1.41. The molecule has 1 aliphatic rings. The van der Waals surface area contributed by atoms with E-state index >= 15 is 0 Å². The Kier molecular flexibility index (Phi) is 3.98. The minimum Gasteiger partial charge on any atom is -0.460 e. The molecule has 3 aromatic rings. The van der Waals surface area contributed by atoms with Gasteiger partial charge in [0.1, 0.15) is 11.3 Å². The van der Waals surface area contributed by atoms with Crippen molar-refractivity contribution in [2.45, 2.75) is 6.54 Å². The average molecular weight is 327 g/mol. The van der Waals surface area contributed by atoms with Crippen LogP contribution in [0.3, 0.4) is 0 Å². The molecule has 0 unspecified atom stereocenters. The molecular weight excluding hydrogens is 308 g/mol. The van der Waals surface area contributed by atoms with Crippen LogP contribution in [0.15, 0.2) is 59.0 Å². The number of nitrogens with zero attached hydrogens (tertiary/aromatic N) is 2. The number of piperazine rings is 1. The molecule has 1 aliphatic heterocycles. The van der Waals surface area contributed by atoms with Crippen molar-refractivity contribution in [1.29, 1.82) is 0 Å². The first-order chi connectivity index (χ1) is 11.3. The summed E-state index contributed by atoms with van der Waals surface area (Å²) in [5.41, 5.74) is 2.11. The van der Waals surface area contributed by atoms with Crippen molar-refractivity contribution in [3.8, 4) is 0 Å². The highest BCUT2D eigenvalue weighted by Gasteiger charge is 2.19. The third-order valence-electron chi connectivity index (χ3n) is 4.42. The summed E-state index contributed by atoms with van der Waals surface area (Å²) in [5.74, 6) is 1.04. The number of halogens is 1. The number of hydrogen-bond donors (Lipinski definition) is 0. The molecule has 118 valence electrons. The molecule has 0 bridgehead atoms. The molecule has 0 aliphatic carbocycles. The first-order valence-electron chi connectivity index (χ1n) is 7.99. The fourth-order valence-corrected chi connectivity index (χ4v) is 3.45. The van der Waals surface area contributed by atoms with Gasteiger partial charge in [0, 0.05) is 31.6 Å². The molecule has 0 N–H and O–H groups in total. The predicted molar refractivity (Wildman–Crippen MR) is 95.2 cm³/mol. The zero-order chi connectivity index (χ0) is 15.6. The van der Waals surface area contributed by atoms with Crippen LogP contribution in [0.2, 0.25) is 5.02 Å². The van der Waals surface area contributed by atoms with Crippen molar-refractivity contribution in [1.82, 2.24) is 4.90 Å². The molecule has 1 aromatic heterocycles. The maximum atomic E-state index is 6.30. The molecule has 0 amide bonds. The zero-order valence-corrected chi connectivity index (χ0v) is 13.7. The molecule has 0 spiro atoms. The summed E-state index contributed by atoms with van der Waals surface area (Å²) in [7, 11) is 0. The minimum atomic E-state index is 0.832. The Morgan fingerprint density at radius 3 is 2.43 bits per heavy atom. The van der Waals surface area contributed by atoms with E-state index in [9.17, 15) is 0 Å². The molecule has 23 heavy (non-hydrogen) atoms. The van der Waals surface area contributed by atoms with Crippen LogP contribution >= 0.6 is 11.6 Å². The van der Waals surface area contributed by atoms with Gasteiger partial charge in [0.2, 0.25) is 0 Å². The average Bonchev–Trinajstić information content (AvgIpc) is 2.98. The van der Waals surface area contributed by atoms with E-state index < -0.39 is 0 Å². The molecule has 1 fully saturated rings. The molecule has 2 heterocycles. The Hall–Kier alpha value is -1.97. The van der Waals surface area contributed by atoms with Gasteiger partial charge in [0.25, 0.3) is 0 Å². The molecule has 0 saturated carbocycles. The standard InChI is InChI=1S/C19H19ClN2O/c20-17-6-2-3-7-18(17)22-11-9-21(10-12-22)14-16-13-15-5-1-4-8-19(15)23-16/h1-8,13H,9-12,14H2. The van der Waals surface area contributed by atoms with E-state index in [1.165, 1.54) is 5.39 Å². The lowest BCUT2D eigenvalue weighted by Crippen LogP contribution is -2.46. The summed E-state index contributed by atoms with van der Waals surface area (Å²) < 4.78 is 5.92. The fraction of sp³-hybridized carbons (Fsp3) is 0.263. The van der Waals surface area contributed by atoms with Gasteiger partial charge in [0.05, 0.1) is 17.3 Å². The smallest absolute Gasteiger partial charge is 0.134 e. The Morgan fingerprint density at radius 1 is 0.913 bits per heavy atom. The second-order valence-electron chi connectivity index (χ2n) is 5.97. The van der Waals surface area contributed by atoms with Crippen LogP contribution in [0.4, 0.5) is 5.69 Å². The number of anilines is 1. The Bertz CT molecular complexity index is 773. The number of rotatable bonds is 3. The number of hydrogen-bond acceptors (Lipinski definition) is 3. The van der Waals surface area contributed by atoms with Gasteiger partial charge in [-0.2, -0.15) is 0 Å². The van der Waals surface area contributed by atoms with Gasteiger partial charge in [-0.3, -0.25) is 4.90 Å².